The Morgan fingerprint density at radius 2 is 2.62 bits per heavy atom. The molecule has 2 rings (SSSR count). The zero-order chi connectivity index (χ0) is 9.10. The lowest BCUT2D eigenvalue weighted by atomic mass is 10.1. The van der Waals surface area contributed by atoms with E-state index in [0.29, 0.717) is 11.8 Å². The number of aromatic nitrogens is 2. The van der Waals surface area contributed by atoms with Gasteiger partial charge in [-0.25, -0.2) is 4.98 Å². The van der Waals surface area contributed by atoms with Crippen molar-refractivity contribution >= 4 is 11.6 Å². The summed E-state index contributed by atoms with van der Waals surface area (Å²) >= 11 is 5.66. The van der Waals surface area contributed by atoms with E-state index in [9.17, 15) is 0 Å². The van der Waals surface area contributed by atoms with Crippen LogP contribution in [0.3, 0.4) is 0 Å². The third-order valence-corrected chi connectivity index (χ3v) is 2.62. The summed E-state index contributed by atoms with van der Waals surface area (Å²) in [5.74, 6) is 2.18. The number of nitrogens with zero attached hydrogens (tertiary/aromatic N) is 1. The van der Waals surface area contributed by atoms with Gasteiger partial charge in [0.2, 0.25) is 0 Å². The molecule has 0 aliphatic carbocycles. The van der Waals surface area contributed by atoms with Gasteiger partial charge < -0.3 is 9.72 Å². The predicted octanol–water partition coefficient (Wildman–Crippen LogP) is 1.73. The van der Waals surface area contributed by atoms with Gasteiger partial charge in [0.05, 0.1) is 5.88 Å². The summed E-state index contributed by atoms with van der Waals surface area (Å²) in [4.78, 5) is 7.45. The molecule has 0 aromatic carbocycles. The third-order valence-electron chi connectivity index (χ3n) is 2.33. The average molecular weight is 201 g/mol. The molecule has 0 amide bonds. The standard InChI is InChI=1S/C9H13ClN2O/c10-4-8-5-11-9(12-8)3-7-1-2-13-6-7/h5,7H,1-4,6H2,(H,11,12). The number of rotatable bonds is 3. The summed E-state index contributed by atoms with van der Waals surface area (Å²) in [5, 5.41) is 0. The lowest BCUT2D eigenvalue weighted by Gasteiger charge is -2.03. The second-order valence-corrected chi connectivity index (χ2v) is 3.69. The summed E-state index contributed by atoms with van der Waals surface area (Å²) in [7, 11) is 0. The Bertz CT molecular complexity index is 268. The number of alkyl halides is 1. The van der Waals surface area contributed by atoms with Crippen molar-refractivity contribution < 1.29 is 4.74 Å². The minimum Gasteiger partial charge on any atom is -0.381 e. The minimum absolute atomic E-state index is 0.508. The molecule has 72 valence electrons. The van der Waals surface area contributed by atoms with E-state index in [-0.39, 0.29) is 0 Å². The predicted molar refractivity (Wildman–Crippen MR) is 50.8 cm³/mol. The molecule has 1 aliphatic heterocycles. The van der Waals surface area contributed by atoms with Gasteiger partial charge in [0.1, 0.15) is 5.82 Å². The molecule has 1 unspecified atom stereocenters. The molecule has 0 saturated carbocycles. The van der Waals surface area contributed by atoms with Gasteiger partial charge in [-0.2, -0.15) is 0 Å². The maximum Gasteiger partial charge on any atom is 0.106 e. The molecule has 1 fully saturated rings. The average Bonchev–Trinajstić information content (AvgIpc) is 2.76. The van der Waals surface area contributed by atoms with Crippen LogP contribution < -0.4 is 0 Å². The molecule has 1 aromatic rings. The Morgan fingerprint density at radius 1 is 1.69 bits per heavy atom. The van der Waals surface area contributed by atoms with E-state index in [2.05, 4.69) is 9.97 Å². The van der Waals surface area contributed by atoms with E-state index in [4.69, 9.17) is 16.3 Å². The van der Waals surface area contributed by atoms with Gasteiger partial charge >= 0.3 is 0 Å². The van der Waals surface area contributed by atoms with Gasteiger partial charge in [-0.1, -0.05) is 0 Å². The van der Waals surface area contributed by atoms with Crippen molar-refractivity contribution in [2.45, 2.75) is 18.7 Å². The molecule has 3 nitrogen and oxygen atoms in total. The molecule has 1 aliphatic rings. The molecule has 13 heavy (non-hydrogen) atoms. The Kier molecular flexibility index (Phi) is 2.86. The Morgan fingerprint density at radius 3 is 3.23 bits per heavy atom. The molecular weight excluding hydrogens is 188 g/mol. The van der Waals surface area contributed by atoms with Gasteiger partial charge in [-0.15, -0.1) is 11.6 Å². The molecule has 1 N–H and O–H groups in total. The molecule has 1 aromatic heterocycles. The first-order chi connectivity index (χ1) is 6.38. The Labute approximate surface area is 82.5 Å². The zero-order valence-electron chi connectivity index (χ0n) is 7.42. The lowest BCUT2D eigenvalue weighted by molar-refractivity contribution is 0.185. The van der Waals surface area contributed by atoms with Crippen LogP contribution in [0, 0.1) is 5.92 Å². The van der Waals surface area contributed by atoms with Crippen LogP contribution in [0.5, 0.6) is 0 Å². The van der Waals surface area contributed by atoms with Crippen molar-refractivity contribution in [1.29, 1.82) is 0 Å². The van der Waals surface area contributed by atoms with Crippen molar-refractivity contribution in [2.24, 2.45) is 5.92 Å². The van der Waals surface area contributed by atoms with E-state index >= 15 is 0 Å². The first-order valence-electron chi connectivity index (χ1n) is 4.55. The summed E-state index contributed by atoms with van der Waals surface area (Å²) in [6, 6.07) is 0. The summed E-state index contributed by atoms with van der Waals surface area (Å²) in [6.45, 7) is 1.77. The van der Waals surface area contributed by atoms with Crippen molar-refractivity contribution in [1.82, 2.24) is 9.97 Å². The van der Waals surface area contributed by atoms with Crippen molar-refractivity contribution in [3.05, 3.63) is 17.7 Å². The number of halogens is 1. The first-order valence-corrected chi connectivity index (χ1v) is 5.08. The van der Waals surface area contributed by atoms with E-state index in [0.717, 1.165) is 37.6 Å². The van der Waals surface area contributed by atoms with Crippen LogP contribution >= 0.6 is 11.6 Å². The van der Waals surface area contributed by atoms with Gasteiger partial charge in [0.25, 0.3) is 0 Å². The monoisotopic (exact) mass is 200 g/mol. The molecule has 2 heterocycles. The lowest BCUT2D eigenvalue weighted by Crippen LogP contribution is -2.04. The number of hydrogen-bond acceptors (Lipinski definition) is 2. The second kappa shape index (κ2) is 4.11. The molecular formula is C9H13ClN2O. The van der Waals surface area contributed by atoms with Gasteiger partial charge in [-0.3, -0.25) is 0 Å². The smallest absolute Gasteiger partial charge is 0.106 e. The van der Waals surface area contributed by atoms with Crippen molar-refractivity contribution in [3.8, 4) is 0 Å². The van der Waals surface area contributed by atoms with Crippen LogP contribution in [0.2, 0.25) is 0 Å². The van der Waals surface area contributed by atoms with Crippen LogP contribution in [0.25, 0.3) is 0 Å². The third kappa shape index (κ3) is 2.23. The number of ether oxygens (including phenoxy) is 1. The molecule has 1 atom stereocenters. The van der Waals surface area contributed by atoms with Gasteiger partial charge in [0, 0.05) is 31.5 Å². The molecule has 1 saturated heterocycles. The Hall–Kier alpha value is -0.540. The molecule has 0 bridgehead atoms. The maximum absolute atomic E-state index is 5.66. The highest BCUT2D eigenvalue weighted by Crippen LogP contribution is 2.16. The maximum atomic E-state index is 5.66. The summed E-state index contributed by atoms with van der Waals surface area (Å²) in [5.41, 5.74) is 0.996. The van der Waals surface area contributed by atoms with Gasteiger partial charge in [0.15, 0.2) is 0 Å². The highest BCUT2D eigenvalue weighted by Gasteiger charge is 2.17. The van der Waals surface area contributed by atoms with Crippen molar-refractivity contribution in [3.63, 3.8) is 0 Å². The molecule has 0 radical (unpaired) electrons. The number of hydrogen-bond donors (Lipinski definition) is 1. The highest BCUT2D eigenvalue weighted by atomic mass is 35.5. The topological polar surface area (TPSA) is 37.9 Å². The zero-order valence-corrected chi connectivity index (χ0v) is 8.18. The van der Waals surface area contributed by atoms with Crippen LogP contribution in [-0.2, 0) is 17.0 Å². The van der Waals surface area contributed by atoms with E-state index in [1.165, 1.54) is 0 Å². The van der Waals surface area contributed by atoms with E-state index in [1.807, 2.05) is 0 Å². The summed E-state index contributed by atoms with van der Waals surface area (Å²) < 4.78 is 5.29. The minimum atomic E-state index is 0.508. The Balaban J connectivity index is 1.92. The number of imidazole rings is 1. The number of aromatic amines is 1. The van der Waals surface area contributed by atoms with Crippen LogP contribution in [0.15, 0.2) is 6.20 Å². The number of H-pyrrole nitrogens is 1. The quantitative estimate of drug-likeness (QED) is 0.755. The fraction of sp³-hybridized carbons (Fsp3) is 0.667. The fourth-order valence-corrected chi connectivity index (χ4v) is 1.73. The fourth-order valence-electron chi connectivity index (χ4n) is 1.60. The number of nitrogens with one attached hydrogen (secondary N) is 1. The van der Waals surface area contributed by atoms with Crippen LogP contribution in [0.4, 0.5) is 0 Å². The SMILES string of the molecule is ClCc1cnc(CC2CCOC2)[nH]1. The van der Waals surface area contributed by atoms with Crippen molar-refractivity contribution in [2.75, 3.05) is 13.2 Å². The van der Waals surface area contributed by atoms with E-state index < -0.39 is 0 Å². The van der Waals surface area contributed by atoms with Crippen LogP contribution in [0.1, 0.15) is 17.9 Å². The first kappa shape index (κ1) is 9.03. The largest absolute Gasteiger partial charge is 0.381 e. The normalized spacial score (nSPS) is 22.4. The highest BCUT2D eigenvalue weighted by molar-refractivity contribution is 6.16. The van der Waals surface area contributed by atoms with Gasteiger partial charge in [-0.05, 0) is 12.3 Å². The molecule has 0 spiro atoms. The second-order valence-electron chi connectivity index (χ2n) is 3.42. The van der Waals surface area contributed by atoms with Crippen LogP contribution in [-0.4, -0.2) is 23.2 Å². The molecule has 4 heteroatoms. The summed E-state index contributed by atoms with van der Waals surface area (Å²) in [6.07, 6.45) is 3.94. The van der Waals surface area contributed by atoms with E-state index in [1.54, 1.807) is 6.20 Å².